The molecule has 0 saturated heterocycles. The topological polar surface area (TPSA) is 3.24 Å². The maximum absolute atomic E-state index is 4.99. The summed E-state index contributed by atoms with van der Waals surface area (Å²) in [6.45, 7) is 10.1. The number of hydrogen-bond donors (Lipinski definition) is 0. The van der Waals surface area contributed by atoms with E-state index in [-0.39, 0.29) is 0 Å². The van der Waals surface area contributed by atoms with Crippen molar-refractivity contribution in [3.8, 4) is 0 Å². The Bertz CT molecular complexity index is 60.6. The first kappa shape index (κ1) is 14.9. The van der Waals surface area contributed by atoms with Crippen LogP contribution in [0.15, 0.2) is 0 Å². The predicted octanol–water partition coefficient (Wildman–Crippen LogP) is 2.77. The fourth-order valence-corrected chi connectivity index (χ4v) is 0.671. The molecule has 5 heteroatoms. The van der Waals surface area contributed by atoms with Crippen molar-refractivity contribution in [3.05, 3.63) is 0 Å². The fraction of sp³-hybridized carbons (Fsp3) is 1.00. The van der Waals surface area contributed by atoms with Gasteiger partial charge >= 0.3 is 41.6 Å². The molecule has 0 aliphatic rings. The van der Waals surface area contributed by atoms with Gasteiger partial charge in [0.1, 0.15) is 0 Å². The molecule has 0 bridgehead atoms. The van der Waals surface area contributed by atoms with E-state index < -0.39 is 11.6 Å². The average molecular weight is 281 g/mol. The van der Waals surface area contributed by atoms with Gasteiger partial charge in [-0.1, -0.05) is 20.8 Å². The van der Waals surface area contributed by atoms with E-state index >= 15 is 0 Å². The molecule has 0 unspecified atom stereocenters. The van der Waals surface area contributed by atoms with E-state index in [1.165, 1.54) is 19.6 Å². The number of hydrogen-bond acceptors (Lipinski definition) is 1. The molecule has 1 nitrogen and oxygen atoms in total. The average Bonchev–Trinajstić information content (AvgIpc) is 1.90. The summed E-state index contributed by atoms with van der Waals surface area (Å²) >= 11 is -2.06. The molecular weight excluding hydrogens is 265 g/mol. The van der Waals surface area contributed by atoms with Crippen LogP contribution in [-0.2, 0) is 0 Å². The van der Waals surface area contributed by atoms with Gasteiger partial charge in [-0.15, -0.1) is 0 Å². The van der Waals surface area contributed by atoms with Gasteiger partial charge in [-0.25, -0.2) is 0 Å². The van der Waals surface area contributed by atoms with Gasteiger partial charge in [0.2, 0.25) is 0 Å². The normalized spacial score (nSPS) is 9.82. The fourth-order valence-electron chi connectivity index (χ4n) is 0.671. The van der Waals surface area contributed by atoms with Crippen LogP contribution in [0.25, 0.3) is 0 Å². The Morgan fingerprint density at radius 1 is 0.909 bits per heavy atom. The van der Waals surface area contributed by atoms with Crippen molar-refractivity contribution >= 4 is 41.6 Å². The Labute approximate surface area is 86.7 Å². The quantitative estimate of drug-likeness (QED) is 0.719. The molecule has 11 heavy (non-hydrogen) atoms. The second-order valence-corrected chi connectivity index (χ2v) is 13.2. The van der Waals surface area contributed by atoms with Crippen molar-refractivity contribution in [2.24, 2.45) is 0 Å². The van der Waals surface area contributed by atoms with Gasteiger partial charge in [-0.3, -0.25) is 0 Å². The van der Waals surface area contributed by atoms with E-state index in [1.54, 1.807) is 0 Å². The Kier molecular flexibility index (Phi) is 15.4. The van der Waals surface area contributed by atoms with E-state index in [4.69, 9.17) is 30.0 Å². The molecule has 0 aliphatic carbocycles. The minimum absolute atomic E-state index is 1.19. The van der Waals surface area contributed by atoms with Crippen LogP contribution >= 0.6 is 30.0 Å². The van der Waals surface area contributed by atoms with E-state index in [2.05, 4.69) is 25.7 Å². The van der Waals surface area contributed by atoms with Gasteiger partial charge in [-0.2, -0.15) is 0 Å². The van der Waals surface area contributed by atoms with Crippen molar-refractivity contribution in [3.63, 3.8) is 0 Å². The molecule has 0 atom stereocenters. The van der Waals surface area contributed by atoms with Crippen LogP contribution in [-0.4, -0.2) is 36.1 Å². The monoisotopic (exact) mass is 281 g/mol. The summed E-state index contributed by atoms with van der Waals surface area (Å²) in [6.07, 6.45) is 0. The predicted molar refractivity (Wildman–Crippen MR) is 58.2 cm³/mol. The first-order valence-corrected chi connectivity index (χ1v) is 13.3. The van der Waals surface area contributed by atoms with Gasteiger partial charge < -0.3 is 4.90 Å². The summed E-state index contributed by atoms with van der Waals surface area (Å²) in [6, 6.07) is 0. The van der Waals surface area contributed by atoms with E-state index in [1.807, 2.05) is 0 Å². The molecule has 0 radical (unpaired) electrons. The summed E-state index contributed by atoms with van der Waals surface area (Å²) in [7, 11) is 15.0. The van der Waals surface area contributed by atoms with Crippen molar-refractivity contribution in [2.45, 2.75) is 20.8 Å². The van der Waals surface area contributed by atoms with Gasteiger partial charge in [0.15, 0.2) is 0 Å². The van der Waals surface area contributed by atoms with Crippen molar-refractivity contribution in [1.29, 1.82) is 0 Å². The van der Waals surface area contributed by atoms with Gasteiger partial charge in [0, 0.05) is 0 Å². The summed E-state index contributed by atoms with van der Waals surface area (Å²) < 4.78 is 0. The van der Waals surface area contributed by atoms with Crippen molar-refractivity contribution < 1.29 is 0 Å². The Hall–Kier alpha value is 1.37. The first-order valence-electron chi connectivity index (χ1n) is 3.72. The molecule has 70 valence electrons. The van der Waals surface area contributed by atoms with Crippen LogP contribution in [0.1, 0.15) is 20.8 Å². The first-order chi connectivity index (χ1) is 5.08. The third kappa shape index (κ3) is 18.4. The minimum atomic E-state index is -2.06. The van der Waals surface area contributed by atoms with Crippen LogP contribution in [0.2, 0.25) is 0 Å². The zero-order valence-electron chi connectivity index (χ0n) is 7.28. The molecular formula is C6H16Cl3GeN. The molecule has 0 aromatic carbocycles. The Morgan fingerprint density at radius 2 is 1.09 bits per heavy atom. The Morgan fingerprint density at radius 3 is 1.09 bits per heavy atom. The third-order valence-electron chi connectivity index (χ3n) is 1.34. The van der Waals surface area contributed by atoms with Crippen molar-refractivity contribution in [2.75, 3.05) is 19.6 Å². The third-order valence-corrected chi connectivity index (χ3v) is 1.34. The SMILES string of the molecule is CCN(CC)CC.[Cl][GeH]([Cl])[Cl]. The molecule has 0 N–H and O–H groups in total. The molecule has 0 heterocycles. The number of halogens is 3. The summed E-state index contributed by atoms with van der Waals surface area (Å²) in [5.41, 5.74) is 0. The molecule has 0 rings (SSSR count). The number of nitrogens with zero attached hydrogens (tertiary/aromatic N) is 1. The zero-order chi connectivity index (χ0) is 9.28. The Balaban J connectivity index is 0. The molecule has 0 aromatic rings. The second-order valence-electron chi connectivity index (χ2n) is 1.87. The summed E-state index contributed by atoms with van der Waals surface area (Å²) in [5, 5.41) is 0. The van der Waals surface area contributed by atoms with Crippen LogP contribution in [0.3, 0.4) is 0 Å². The molecule has 0 amide bonds. The molecule has 0 saturated carbocycles. The van der Waals surface area contributed by atoms with Crippen LogP contribution in [0, 0.1) is 0 Å². The van der Waals surface area contributed by atoms with Crippen LogP contribution < -0.4 is 0 Å². The standard InChI is InChI=1S/C6H15N.Cl3GeH/c1-4-7(5-2)6-3;1-4(2)3/h4-6H2,1-3H3;4H. The van der Waals surface area contributed by atoms with E-state index in [0.717, 1.165) is 0 Å². The summed E-state index contributed by atoms with van der Waals surface area (Å²) in [5.74, 6) is 0. The molecule has 0 aliphatic heterocycles. The summed E-state index contributed by atoms with van der Waals surface area (Å²) in [4.78, 5) is 2.38. The molecule has 0 fully saturated rings. The molecule has 0 aromatic heterocycles. The molecule has 0 spiro atoms. The number of rotatable bonds is 3. The van der Waals surface area contributed by atoms with Crippen LogP contribution in [0.4, 0.5) is 0 Å². The van der Waals surface area contributed by atoms with Gasteiger partial charge in [0.05, 0.1) is 0 Å². The van der Waals surface area contributed by atoms with Gasteiger partial charge in [-0.05, 0) is 19.6 Å². The van der Waals surface area contributed by atoms with Crippen LogP contribution in [0.5, 0.6) is 0 Å². The zero-order valence-corrected chi connectivity index (χ0v) is 12.0. The second kappa shape index (κ2) is 11.4. The maximum atomic E-state index is 4.99. The van der Waals surface area contributed by atoms with E-state index in [0.29, 0.717) is 0 Å². The van der Waals surface area contributed by atoms with E-state index in [9.17, 15) is 0 Å². The van der Waals surface area contributed by atoms with Gasteiger partial charge in [0.25, 0.3) is 0 Å². The van der Waals surface area contributed by atoms with Crippen molar-refractivity contribution in [1.82, 2.24) is 4.90 Å².